The summed E-state index contributed by atoms with van der Waals surface area (Å²) in [5, 5.41) is 2.62. The normalized spacial score (nSPS) is 12.4. The van der Waals surface area contributed by atoms with Crippen LogP contribution < -0.4 is 5.32 Å². The lowest BCUT2D eigenvalue weighted by atomic mass is 10.0. The monoisotopic (exact) mass is 262 g/mol. The van der Waals surface area contributed by atoms with E-state index in [0.717, 1.165) is 5.56 Å². The second-order valence-corrected chi connectivity index (χ2v) is 4.37. The van der Waals surface area contributed by atoms with Crippen LogP contribution in [0.5, 0.6) is 0 Å². The van der Waals surface area contributed by atoms with Crippen molar-refractivity contribution in [1.82, 2.24) is 10.3 Å². The van der Waals surface area contributed by atoms with E-state index >= 15 is 0 Å². The van der Waals surface area contributed by atoms with Gasteiger partial charge in [0.05, 0.1) is 7.11 Å². The molecule has 0 aromatic carbocycles. The van der Waals surface area contributed by atoms with Gasteiger partial charge in [0, 0.05) is 18.5 Å². The molecule has 0 aliphatic heterocycles. The maximum Gasteiger partial charge on any atom is 0.328 e. The van der Waals surface area contributed by atoms with Crippen molar-refractivity contribution >= 4 is 18.0 Å². The molecule has 0 bridgehead atoms. The molecule has 1 heterocycles. The zero-order valence-corrected chi connectivity index (χ0v) is 11.3. The van der Waals surface area contributed by atoms with Gasteiger partial charge in [-0.05, 0) is 23.6 Å². The number of ether oxygens (including phenoxy) is 1. The Morgan fingerprint density at radius 1 is 1.42 bits per heavy atom. The maximum absolute atomic E-state index is 11.7. The molecule has 0 aliphatic carbocycles. The minimum Gasteiger partial charge on any atom is -0.467 e. The molecular weight excluding hydrogens is 244 g/mol. The Labute approximate surface area is 112 Å². The van der Waals surface area contributed by atoms with E-state index in [1.165, 1.54) is 13.2 Å². The number of carbonyl (C=O) groups excluding carboxylic acids is 2. The summed E-state index contributed by atoms with van der Waals surface area (Å²) in [4.78, 5) is 27.2. The van der Waals surface area contributed by atoms with Gasteiger partial charge in [-0.2, -0.15) is 0 Å². The van der Waals surface area contributed by atoms with Crippen molar-refractivity contribution < 1.29 is 14.3 Å². The van der Waals surface area contributed by atoms with Crippen LogP contribution in [0.1, 0.15) is 19.4 Å². The second kappa shape index (κ2) is 7.31. The molecule has 102 valence electrons. The third-order valence-corrected chi connectivity index (χ3v) is 2.53. The van der Waals surface area contributed by atoms with Crippen molar-refractivity contribution in [2.75, 3.05) is 7.11 Å². The molecule has 1 unspecified atom stereocenters. The Bertz CT molecular complexity index is 455. The van der Waals surface area contributed by atoms with Crippen LogP contribution in [0.2, 0.25) is 0 Å². The fourth-order valence-electron chi connectivity index (χ4n) is 1.47. The maximum atomic E-state index is 11.7. The predicted molar refractivity (Wildman–Crippen MR) is 72.1 cm³/mol. The SMILES string of the molecule is COC(=O)C(NC(=O)/C=C/c1cccnc1)C(C)C. The minimum absolute atomic E-state index is 0.0387. The number of hydrogen-bond acceptors (Lipinski definition) is 4. The zero-order valence-electron chi connectivity index (χ0n) is 11.3. The standard InChI is InChI=1S/C14H18N2O3/c1-10(2)13(14(18)19-3)16-12(17)7-6-11-5-4-8-15-9-11/h4-10,13H,1-3H3,(H,16,17)/b7-6+. The van der Waals surface area contributed by atoms with Crippen LogP contribution in [0.4, 0.5) is 0 Å². The number of pyridine rings is 1. The Kier molecular flexibility index (Phi) is 5.73. The second-order valence-electron chi connectivity index (χ2n) is 4.37. The number of esters is 1. The van der Waals surface area contributed by atoms with Gasteiger partial charge >= 0.3 is 5.97 Å². The molecule has 0 spiro atoms. The number of nitrogens with zero attached hydrogens (tertiary/aromatic N) is 1. The van der Waals surface area contributed by atoms with Gasteiger partial charge < -0.3 is 10.1 Å². The molecule has 0 saturated heterocycles. The van der Waals surface area contributed by atoms with E-state index in [2.05, 4.69) is 15.0 Å². The van der Waals surface area contributed by atoms with Gasteiger partial charge in [0.2, 0.25) is 5.91 Å². The van der Waals surface area contributed by atoms with Crippen LogP contribution >= 0.6 is 0 Å². The molecule has 1 atom stereocenters. The van der Waals surface area contributed by atoms with Crippen molar-refractivity contribution in [3.05, 3.63) is 36.2 Å². The number of nitrogens with one attached hydrogen (secondary N) is 1. The van der Waals surface area contributed by atoms with Crippen LogP contribution in [0.15, 0.2) is 30.6 Å². The molecule has 1 aromatic heterocycles. The highest BCUT2D eigenvalue weighted by Crippen LogP contribution is 2.04. The number of methoxy groups -OCH3 is 1. The van der Waals surface area contributed by atoms with E-state index in [0.29, 0.717) is 0 Å². The van der Waals surface area contributed by atoms with Gasteiger partial charge in [-0.15, -0.1) is 0 Å². The van der Waals surface area contributed by atoms with Crippen molar-refractivity contribution in [2.45, 2.75) is 19.9 Å². The molecule has 1 amide bonds. The van der Waals surface area contributed by atoms with Gasteiger partial charge in [-0.1, -0.05) is 19.9 Å². The molecular formula is C14H18N2O3. The molecule has 0 fully saturated rings. The zero-order chi connectivity index (χ0) is 14.3. The Hall–Kier alpha value is -2.17. The minimum atomic E-state index is -0.643. The quantitative estimate of drug-likeness (QED) is 0.643. The summed E-state index contributed by atoms with van der Waals surface area (Å²) < 4.78 is 4.65. The van der Waals surface area contributed by atoms with Crippen LogP contribution in [0.25, 0.3) is 6.08 Å². The van der Waals surface area contributed by atoms with Crippen LogP contribution in [-0.4, -0.2) is 30.0 Å². The van der Waals surface area contributed by atoms with Crippen LogP contribution in [0.3, 0.4) is 0 Å². The van der Waals surface area contributed by atoms with E-state index in [-0.39, 0.29) is 11.8 Å². The lowest BCUT2D eigenvalue weighted by Gasteiger charge is -2.18. The fourth-order valence-corrected chi connectivity index (χ4v) is 1.47. The van der Waals surface area contributed by atoms with E-state index < -0.39 is 12.0 Å². The number of amides is 1. The molecule has 1 aromatic rings. The molecule has 5 nitrogen and oxygen atoms in total. The summed E-state index contributed by atoms with van der Waals surface area (Å²) in [5.41, 5.74) is 0.816. The van der Waals surface area contributed by atoms with E-state index in [4.69, 9.17) is 0 Å². The van der Waals surface area contributed by atoms with Crippen LogP contribution in [-0.2, 0) is 14.3 Å². The van der Waals surface area contributed by atoms with Crippen LogP contribution in [0, 0.1) is 5.92 Å². The van der Waals surface area contributed by atoms with E-state index in [9.17, 15) is 9.59 Å². The molecule has 1 N–H and O–H groups in total. The van der Waals surface area contributed by atoms with Crippen molar-refractivity contribution in [3.8, 4) is 0 Å². The summed E-state index contributed by atoms with van der Waals surface area (Å²) in [6, 6.07) is 2.97. The third-order valence-electron chi connectivity index (χ3n) is 2.53. The van der Waals surface area contributed by atoms with Crippen molar-refractivity contribution in [2.24, 2.45) is 5.92 Å². The first-order chi connectivity index (χ1) is 9.04. The summed E-state index contributed by atoms with van der Waals surface area (Å²) in [6.45, 7) is 3.68. The first-order valence-electron chi connectivity index (χ1n) is 6.01. The topological polar surface area (TPSA) is 68.3 Å². The number of hydrogen-bond donors (Lipinski definition) is 1. The highest BCUT2D eigenvalue weighted by atomic mass is 16.5. The summed E-state index contributed by atoms with van der Waals surface area (Å²) in [5.74, 6) is -0.825. The third kappa shape index (κ3) is 4.91. The Morgan fingerprint density at radius 3 is 2.68 bits per heavy atom. The average molecular weight is 262 g/mol. The number of carbonyl (C=O) groups is 2. The summed E-state index contributed by atoms with van der Waals surface area (Å²) in [6.07, 6.45) is 6.31. The molecule has 0 aliphatic rings. The molecule has 1 rings (SSSR count). The van der Waals surface area contributed by atoms with Gasteiger partial charge in [0.15, 0.2) is 0 Å². The number of aromatic nitrogens is 1. The van der Waals surface area contributed by atoms with E-state index in [1.807, 2.05) is 19.9 Å². The average Bonchev–Trinajstić information content (AvgIpc) is 2.42. The predicted octanol–water partition coefficient (Wildman–Crippen LogP) is 1.41. The molecule has 0 saturated carbocycles. The fraction of sp³-hybridized carbons (Fsp3) is 0.357. The summed E-state index contributed by atoms with van der Waals surface area (Å²) >= 11 is 0. The van der Waals surface area contributed by atoms with Crippen molar-refractivity contribution in [1.29, 1.82) is 0 Å². The van der Waals surface area contributed by atoms with Crippen molar-refractivity contribution in [3.63, 3.8) is 0 Å². The Balaban J connectivity index is 2.63. The summed E-state index contributed by atoms with van der Waals surface area (Å²) in [7, 11) is 1.30. The first-order valence-corrected chi connectivity index (χ1v) is 6.01. The highest BCUT2D eigenvalue weighted by molar-refractivity contribution is 5.94. The lowest BCUT2D eigenvalue weighted by Crippen LogP contribution is -2.44. The first kappa shape index (κ1) is 14.9. The largest absolute Gasteiger partial charge is 0.467 e. The molecule has 0 radical (unpaired) electrons. The lowest BCUT2D eigenvalue weighted by molar-refractivity contribution is -0.145. The highest BCUT2D eigenvalue weighted by Gasteiger charge is 2.23. The molecule has 19 heavy (non-hydrogen) atoms. The smallest absolute Gasteiger partial charge is 0.328 e. The van der Waals surface area contributed by atoms with Gasteiger partial charge in [0.1, 0.15) is 6.04 Å². The van der Waals surface area contributed by atoms with Gasteiger partial charge in [-0.3, -0.25) is 9.78 Å². The van der Waals surface area contributed by atoms with Gasteiger partial charge in [0.25, 0.3) is 0 Å². The van der Waals surface area contributed by atoms with E-state index in [1.54, 1.807) is 24.5 Å². The Morgan fingerprint density at radius 2 is 2.16 bits per heavy atom. The molecule has 5 heteroatoms. The number of rotatable bonds is 5. The van der Waals surface area contributed by atoms with Gasteiger partial charge in [-0.25, -0.2) is 4.79 Å².